The fourth-order valence-corrected chi connectivity index (χ4v) is 2.04. The predicted octanol–water partition coefficient (Wildman–Crippen LogP) is 2.51. The molecule has 2 aromatic rings. The minimum Gasteiger partial charge on any atom is -0.469 e. The van der Waals surface area contributed by atoms with E-state index in [1.807, 2.05) is 19.1 Å². The number of furan rings is 1. The van der Waals surface area contributed by atoms with Gasteiger partial charge in [-0.2, -0.15) is 0 Å². The van der Waals surface area contributed by atoms with Crippen molar-refractivity contribution >= 4 is 5.91 Å². The fourth-order valence-electron chi connectivity index (χ4n) is 2.04. The van der Waals surface area contributed by atoms with Gasteiger partial charge in [-0.1, -0.05) is 5.16 Å². The fraction of sp³-hybridized carbons (Fsp3) is 0.429. The number of nitrogens with zero attached hydrogens (tertiary/aromatic N) is 1. The molecule has 0 aliphatic heterocycles. The van der Waals surface area contributed by atoms with Gasteiger partial charge in [0.05, 0.1) is 6.26 Å². The van der Waals surface area contributed by atoms with E-state index in [0.717, 1.165) is 24.4 Å². The summed E-state index contributed by atoms with van der Waals surface area (Å²) in [5.74, 6) is 1.94. The lowest BCUT2D eigenvalue weighted by atomic mass is 10.2. The molecule has 1 aliphatic rings. The van der Waals surface area contributed by atoms with Gasteiger partial charge in [-0.15, -0.1) is 0 Å². The number of hydrogen-bond donors (Lipinski definition) is 1. The molecule has 1 atom stereocenters. The third-order valence-corrected chi connectivity index (χ3v) is 3.21. The van der Waals surface area contributed by atoms with Gasteiger partial charge in [-0.3, -0.25) is 4.79 Å². The Balaban J connectivity index is 1.57. The molecule has 2 heterocycles. The summed E-state index contributed by atoms with van der Waals surface area (Å²) in [5.41, 5.74) is 0.355. The van der Waals surface area contributed by atoms with Gasteiger partial charge >= 0.3 is 0 Å². The summed E-state index contributed by atoms with van der Waals surface area (Å²) in [6, 6.07) is 5.46. The number of nitrogens with one attached hydrogen (secondary N) is 1. The highest BCUT2D eigenvalue weighted by Gasteiger charge is 2.29. The molecular formula is C14H16N2O3. The lowest BCUT2D eigenvalue weighted by Gasteiger charge is -2.10. The first-order chi connectivity index (χ1) is 9.22. The van der Waals surface area contributed by atoms with Crippen LogP contribution in [0.4, 0.5) is 0 Å². The van der Waals surface area contributed by atoms with Gasteiger partial charge < -0.3 is 14.3 Å². The van der Waals surface area contributed by atoms with Crippen LogP contribution >= 0.6 is 0 Å². The Morgan fingerprint density at radius 1 is 1.58 bits per heavy atom. The van der Waals surface area contributed by atoms with Crippen molar-refractivity contribution in [2.45, 2.75) is 38.1 Å². The minimum absolute atomic E-state index is 0.0141. The van der Waals surface area contributed by atoms with Crippen LogP contribution in [0.3, 0.4) is 0 Å². The van der Waals surface area contributed by atoms with Crippen LogP contribution in [0.5, 0.6) is 0 Å². The van der Waals surface area contributed by atoms with Crippen LogP contribution in [0.25, 0.3) is 0 Å². The van der Waals surface area contributed by atoms with Crippen molar-refractivity contribution in [1.82, 2.24) is 10.5 Å². The molecule has 1 N–H and O–H groups in total. The normalized spacial score (nSPS) is 16.3. The molecule has 1 amide bonds. The largest absolute Gasteiger partial charge is 0.469 e. The standard InChI is InChI=1S/C14H16N2O3/c1-9(7-11-3-2-6-18-11)15-14(17)12-8-13(19-16-12)10-4-5-10/h2-3,6,8-10H,4-5,7H2,1H3,(H,15,17)/t9-/m0/s1. The Bertz CT molecular complexity index is 555. The van der Waals surface area contributed by atoms with Gasteiger partial charge in [0.1, 0.15) is 11.5 Å². The second-order valence-corrected chi connectivity index (χ2v) is 5.05. The van der Waals surface area contributed by atoms with Gasteiger partial charge in [0.2, 0.25) is 0 Å². The molecule has 0 saturated heterocycles. The van der Waals surface area contributed by atoms with Gasteiger partial charge in [-0.05, 0) is 31.9 Å². The quantitative estimate of drug-likeness (QED) is 0.896. The Morgan fingerprint density at radius 2 is 2.42 bits per heavy atom. The highest BCUT2D eigenvalue weighted by Crippen LogP contribution is 2.40. The van der Waals surface area contributed by atoms with Crippen molar-refractivity contribution in [3.63, 3.8) is 0 Å². The topological polar surface area (TPSA) is 68.3 Å². The lowest BCUT2D eigenvalue weighted by Crippen LogP contribution is -2.34. The van der Waals surface area contributed by atoms with E-state index in [0.29, 0.717) is 18.0 Å². The van der Waals surface area contributed by atoms with E-state index in [-0.39, 0.29) is 11.9 Å². The summed E-state index contributed by atoms with van der Waals surface area (Å²) in [7, 11) is 0. The van der Waals surface area contributed by atoms with Crippen molar-refractivity contribution in [2.24, 2.45) is 0 Å². The lowest BCUT2D eigenvalue weighted by molar-refractivity contribution is 0.0930. The van der Waals surface area contributed by atoms with Crippen molar-refractivity contribution in [2.75, 3.05) is 0 Å². The summed E-state index contributed by atoms with van der Waals surface area (Å²) < 4.78 is 10.4. The molecule has 1 saturated carbocycles. The van der Waals surface area contributed by atoms with Crippen LogP contribution in [0.1, 0.15) is 47.7 Å². The zero-order chi connectivity index (χ0) is 13.2. The molecule has 5 nitrogen and oxygen atoms in total. The van der Waals surface area contributed by atoms with Crippen molar-refractivity contribution in [3.05, 3.63) is 41.7 Å². The van der Waals surface area contributed by atoms with Gasteiger partial charge in [0, 0.05) is 24.4 Å². The predicted molar refractivity (Wildman–Crippen MR) is 67.8 cm³/mol. The third kappa shape index (κ3) is 2.86. The second-order valence-electron chi connectivity index (χ2n) is 5.05. The van der Waals surface area contributed by atoms with Crippen molar-refractivity contribution < 1.29 is 13.7 Å². The zero-order valence-corrected chi connectivity index (χ0v) is 10.8. The third-order valence-electron chi connectivity index (χ3n) is 3.21. The van der Waals surface area contributed by atoms with E-state index in [2.05, 4.69) is 10.5 Å². The highest BCUT2D eigenvalue weighted by atomic mass is 16.5. The summed E-state index contributed by atoms with van der Waals surface area (Å²) in [5, 5.41) is 6.70. The number of aromatic nitrogens is 1. The Hall–Kier alpha value is -2.04. The molecule has 2 aromatic heterocycles. The molecule has 0 unspecified atom stereocenters. The van der Waals surface area contributed by atoms with E-state index in [1.54, 1.807) is 12.3 Å². The van der Waals surface area contributed by atoms with Crippen LogP contribution in [0, 0.1) is 0 Å². The second kappa shape index (κ2) is 4.91. The molecule has 0 radical (unpaired) electrons. The SMILES string of the molecule is C[C@@H](Cc1ccco1)NC(=O)c1cc(C2CC2)on1. The summed E-state index contributed by atoms with van der Waals surface area (Å²) in [6.07, 6.45) is 4.55. The molecular weight excluding hydrogens is 244 g/mol. The molecule has 1 aliphatic carbocycles. The Kier molecular flexibility index (Phi) is 3.11. The molecule has 100 valence electrons. The Morgan fingerprint density at radius 3 is 3.11 bits per heavy atom. The van der Waals surface area contributed by atoms with E-state index < -0.39 is 0 Å². The van der Waals surface area contributed by atoms with Crippen molar-refractivity contribution in [3.8, 4) is 0 Å². The highest BCUT2D eigenvalue weighted by molar-refractivity contribution is 5.92. The summed E-state index contributed by atoms with van der Waals surface area (Å²) >= 11 is 0. The number of carbonyl (C=O) groups excluding carboxylic acids is 1. The number of hydrogen-bond acceptors (Lipinski definition) is 4. The number of amides is 1. The van der Waals surface area contributed by atoms with E-state index in [4.69, 9.17) is 8.94 Å². The monoisotopic (exact) mass is 260 g/mol. The Labute approximate surface area is 111 Å². The minimum atomic E-state index is -0.199. The van der Waals surface area contributed by atoms with Crippen LogP contribution < -0.4 is 5.32 Å². The molecule has 19 heavy (non-hydrogen) atoms. The molecule has 0 bridgehead atoms. The first kappa shape index (κ1) is 12.0. The van der Waals surface area contributed by atoms with Gasteiger partial charge in [-0.25, -0.2) is 0 Å². The molecule has 0 aromatic carbocycles. The average Bonchev–Trinajstić information content (AvgIpc) is 2.91. The van der Waals surface area contributed by atoms with E-state index in [9.17, 15) is 4.79 Å². The van der Waals surface area contributed by atoms with Gasteiger partial charge in [0.15, 0.2) is 5.69 Å². The van der Waals surface area contributed by atoms with Crippen LogP contribution in [-0.4, -0.2) is 17.1 Å². The maximum absolute atomic E-state index is 12.0. The average molecular weight is 260 g/mol. The number of carbonyl (C=O) groups is 1. The van der Waals surface area contributed by atoms with Crippen LogP contribution in [0.2, 0.25) is 0 Å². The molecule has 3 rings (SSSR count). The maximum atomic E-state index is 12.0. The maximum Gasteiger partial charge on any atom is 0.273 e. The van der Waals surface area contributed by atoms with Crippen LogP contribution in [-0.2, 0) is 6.42 Å². The zero-order valence-electron chi connectivity index (χ0n) is 10.8. The first-order valence-corrected chi connectivity index (χ1v) is 6.52. The first-order valence-electron chi connectivity index (χ1n) is 6.52. The van der Waals surface area contributed by atoms with E-state index >= 15 is 0 Å². The van der Waals surface area contributed by atoms with E-state index in [1.165, 1.54) is 0 Å². The summed E-state index contributed by atoms with van der Waals surface area (Å²) in [4.78, 5) is 12.0. The smallest absolute Gasteiger partial charge is 0.273 e. The molecule has 5 heteroatoms. The van der Waals surface area contributed by atoms with Crippen molar-refractivity contribution in [1.29, 1.82) is 0 Å². The van der Waals surface area contributed by atoms with Crippen LogP contribution in [0.15, 0.2) is 33.4 Å². The van der Waals surface area contributed by atoms with Gasteiger partial charge in [0.25, 0.3) is 5.91 Å². The molecule has 1 fully saturated rings. The summed E-state index contributed by atoms with van der Waals surface area (Å²) in [6.45, 7) is 1.93. The number of rotatable bonds is 5. The molecule has 0 spiro atoms.